The van der Waals surface area contributed by atoms with Crippen molar-refractivity contribution in [2.24, 2.45) is 0 Å². The van der Waals surface area contributed by atoms with Crippen LogP contribution in [-0.4, -0.2) is 31.7 Å². The number of amides is 1. The average molecular weight is 394 g/mol. The van der Waals surface area contributed by atoms with E-state index in [1.54, 1.807) is 6.92 Å². The standard InChI is InChI=1S/C19H20F2N2O3S/c1-13-11-15(20)6-8-17(13)22-19(24)14-5-7-16(21)18(12-14)27(25,26)23-9-3-2-4-10-23/h5-8,11-12H,2-4,9-10H2,1H3,(H,22,24). The summed E-state index contributed by atoms with van der Waals surface area (Å²) in [7, 11) is -4.01. The largest absolute Gasteiger partial charge is 0.322 e. The maximum atomic E-state index is 14.2. The summed E-state index contributed by atoms with van der Waals surface area (Å²) in [5, 5.41) is 2.59. The fourth-order valence-corrected chi connectivity index (χ4v) is 4.66. The van der Waals surface area contributed by atoms with Gasteiger partial charge in [-0.15, -0.1) is 0 Å². The molecule has 0 aromatic heterocycles. The minimum absolute atomic E-state index is 0.00992. The van der Waals surface area contributed by atoms with Crippen molar-refractivity contribution in [3.8, 4) is 0 Å². The number of nitrogens with zero attached hydrogens (tertiary/aromatic N) is 1. The maximum absolute atomic E-state index is 14.2. The molecule has 5 nitrogen and oxygen atoms in total. The molecule has 1 aliphatic heterocycles. The van der Waals surface area contributed by atoms with Crippen LogP contribution in [-0.2, 0) is 10.0 Å². The molecular formula is C19H20F2N2O3S. The molecule has 1 heterocycles. The molecule has 0 saturated carbocycles. The van der Waals surface area contributed by atoms with Crippen LogP contribution in [0.25, 0.3) is 0 Å². The second-order valence-corrected chi connectivity index (χ2v) is 8.43. The van der Waals surface area contributed by atoms with Crippen LogP contribution in [0.2, 0.25) is 0 Å². The molecule has 2 aromatic carbocycles. The fraction of sp³-hybridized carbons (Fsp3) is 0.316. The first kappa shape index (κ1) is 19.4. The fourth-order valence-electron chi connectivity index (χ4n) is 3.05. The Morgan fingerprint density at radius 2 is 1.74 bits per heavy atom. The molecule has 1 amide bonds. The molecule has 8 heteroatoms. The predicted molar refractivity (Wildman–Crippen MR) is 98.1 cm³/mol. The second-order valence-electron chi connectivity index (χ2n) is 6.52. The third-order valence-electron chi connectivity index (χ3n) is 4.56. The summed E-state index contributed by atoms with van der Waals surface area (Å²) in [6.45, 7) is 2.32. The predicted octanol–water partition coefficient (Wildman–Crippen LogP) is 3.70. The van der Waals surface area contributed by atoms with Gasteiger partial charge in [0, 0.05) is 24.3 Å². The number of anilines is 1. The SMILES string of the molecule is Cc1cc(F)ccc1NC(=O)c1ccc(F)c(S(=O)(=O)N2CCCCC2)c1. The van der Waals surface area contributed by atoms with Crippen molar-refractivity contribution < 1.29 is 22.0 Å². The van der Waals surface area contributed by atoms with Gasteiger partial charge in [-0.3, -0.25) is 4.79 Å². The number of aryl methyl sites for hydroxylation is 1. The summed E-state index contributed by atoms with van der Waals surface area (Å²) in [5.74, 6) is -1.92. The number of carbonyl (C=O) groups is 1. The van der Waals surface area contributed by atoms with Gasteiger partial charge in [0.1, 0.15) is 16.5 Å². The number of halogens is 2. The number of nitrogens with one attached hydrogen (secondary N) is 1. The van der Waals surface area contributed by atoms with Crippen molar-refractivity contribution in [1.82, 2.24) is 4.31 Å². The normalized spacial score (nSPS) is 15.5. The zero-order chi connectivity index (χ0) is 19.6. The monoisotopic (exact) mass is 394 g/mol. The van der Waals surface area contributed by atoms with Crippen LogP contribution in [0.5, 0.6) is 0 Å². The van der Waals surface area contributed by atoms with Crippen LogP contribution in [0.3, 0.4) is 0 Å². The molecule has 0 bridgehead atoms. The Bertz CT molecular complexity index is 971. The van der Waals surface area contributed by atoms with Crippen LogP contribution in [0.15, 0.2) is 41.3 Å². The highest BCUT2D eigenvalue weighted by atomic mass is 32.2. The van der Waals surface area contributed by atoms with E-state index in [1.807, 2.05) is 0 Å². The van der Waals surface area contributed by atoms with E-state index in [-0.39, 0.29) is 5.56 Å². The highest BCUT2D eigenvalue weighted by molar-refractivity contribution is 7.89. The van der Waals surface area contributed by atoms with E-state index < -0.39 is 32.5 Å². The molecule has 2 aromatic rings. The molecule has 0 aliphatic carbocycles. The Labute approximate surface area is 157 Å². The summed E-state index contributed by atoms with van der Waals surface area (Å²) in [5.41, 5.74) is 0.925. The van der Waals surface area contributed by atoms with E-state index >= 15 is 0 Å². The van der Waals surface area contributed by atoms with Gasteiger partial charge in [-0.05, 0) is 61.7 Å². The summed E-state index contributed by atoms with van der Waals surface area (Å²) < 4.78 is 54.2. The topological polar surface area (TPSA) is 66.5 Å². The van der Waals surface area contributed by atoms with E-state index in [0.717, 1.165) is 31.4 Å². The first-order valence-corrected chi connectivity index (χ1v) is 10.1. The summed E-state index contributed by atoms with van der Waals surface area (Å²) in [4.78, 5) is 12.0. The van der Waals surface area contributed by atoms with Gasteiger partial charge in [0.25, 0.3) is 5.91 Å². The van der Waals surface area contributed by atoms with Crippen molar-refractivity contribution in [3.05, 3.63) is 59.2 Å². The van der Waals surface area contributed by atoms with Crippen molar-refractivity contribution in [2.75, 3.05) is 18.4 Å². The summed E-state index contributed by atoms with van der Waals surface area (Å²) in [6, 6.07) is 7.14. The molecule has 27 heavy (non-hydrogen) atoms. The van der Waals surface area contributed by atoms with E-state index in [4.69, 9.17) is 0 Å². The molecule has 1 aliphatic rings. The minimum atomic E-state index is -4.01. The third-order valence-corrected chi connectivity index (χ3v) is 6.48. The zero-order valence-corrected chi connectivity index (χ0v) is 15.7. The lowest BCUT2D eigenvalue weighted by molar-refractivity contribution is 0.102. The van der Waals surface area contributed by atoms with E-state index in [1.165, 1.54) is 28.6 Å². The second kappa shape index (κ2) is 7.74. The minimum Gasteiger partial charge on any atom is -0.322 e. The number of benzene rings is 2. The molecular weight excluding hydrogens is 374 g/mol. The maximum Gasteiger partial charge on any atom is 0.255 e. The van der Waals surface area contributed by atoms with Gasteiger partial charge in [-0.1, -0.05) is 6.42 Å². The lowest BCUT2D eigenvalue weighted by Crippen LogP contribution is -2.36. The van der Waals surface area contributed by atoms with E-state index in [0.29, 0.717) is 24.3 Å². The Hall–Kier alpha value is -2.32. The van der Waals surface area contributed by atoms with Crippen molar-refractivity contribution in [1.29, 1.82) is 0 Å². The van der Waals surface area contributed by atoms with Crippen LogP contribution >= 0.6 is 0 Å². The Balaban J connectivity index is 1.89. The Kier molecular flexibility index (Phi) is 5.57. The number of rotatable bonds is 4. The molecule has 0 unspecified atom stereocenters. The lowest BCUT2D eigenvalue weighted by atomic mass is 10.1. The first-order chi connectivity index (χ1) is 12.8. The zero-order valence-electron chi connectivity index (χ0n) is 14.8. The van der Waals surface area contributed by atoms with Crippen molar-refractivity contribution in [2.45, 2.75) is 31.1 Å². The number of hydrogen-bond acceptors (Lipinski definition) is 3. The molecule has 1 fully saturated rings. The van der Waals surface area contributed by atoms with Gasteiger partial charge >= 0.3 is 0 Å². The smallest absolute Gasteiger partial charge is 0.255 e. The van der Waals surface area contributed by atoms with Crippen LogP contribution in [0.1, 0.15) is 35.2 Å². The van der Waals surface area contributed by atoms with Gasteiger partial charge in [0.15, 0.2) is 0 Å². The number of hydrogen-bond donors (Lipinski definition) is 1. The van der Waals surface area contributed by atoms with Crippen molar-refractivity contribution in [3.63, 3.8) is 0 Å². The molecule has 0 atom stereocenters. The molecule has 3 rings (SSSR count). The molecule has 0 spiro atoms. The Morgan fingerprint density at radius 3 is 2.41 bits per heavy atom. The van der Waals surface area contributed by atoms with Crippen LogP contribution in [0.4, 0.5) is 14.5 Å². The number of sulfonamides is 1. The molecule has 0 radical (unpaired) electrons. The van der Waals surface area contributed by atoms with Gasteiger partial charge < -0.3 is 5.32 Å². The lowest BCUT2D eigenvalue weighted by Gasteiger charge is -2.26. The van der Waals surface area contributed by atoms with Gasteiger partial charge in [0.2, 0.25) is 10.0 Å². The molecule has 1 N–H and O–H groups in total. The average Bonchev–Trinajstić information content (AvgIpc) is 2.65. The summed E-state index contributed by atoms with van der Waals surface area (Å²) in [6.07, 6.45) is 2.39. The van der Waals surface area contributed by atoms with Crippen molar-refractivity contribution >= 4 is 21.6 Å². The van der Waals surface area contributed by atoms with E-state index in [9.17, 15) is 22.0 Å². The van der Waals surface area contributed by atoms with E-state index in [2.05, 4.69) is 5.32 Å². The summed E-state index contributed by atoms with van der Waals surface area (Å²) >= 11 is 0. The first-order valence-electron chi connectivity index (χ1n) is 8.66. The van der Waals surface area contributed by atoms with Gasteiger partial charge in [0.05, 0.1) is 0 Å². The van der Waals surface area contributed by atoms with Crippen LogP contribution in [0, 0.1) is 18.6 Å². The molecule has 144 valence electrons. The van der Waals surface area contributed by atoms with Gasteiger partial charge in [-0.2, -0.15) is 4.31 Å². The highest BCUT2D eigenvalue weighted by Gasteiger charge is 2.29. The number of piperidine rings is 1. The quantitative estimate of drug-likeness (QED) is 0.860. The highest BCUT2D eigenvalue weighted by Crippen LogP contribution is 2.25. The number of carbonyl (C=O) groups excluding carboxylic acids is 1. The molecule has 1 saturated heterocycles. The third kappa shape index (κ3) is 4.17. The van der Waals surface area contributed by atoms with Crippen LogP contribution < -0.4 is 5.32 Å². The Morgan fingerprint density at radius 1 is 1.04 bits per heavy atom. The van der Waals surface area contributed by atoms with Gasteiger partial charge in [-0.25, -0.2) is 17.2 Å².